The van der Waals surface area contributed by atoms with Gasteiger partial charge in [-0.25, -0.2) is 9.97 Å². The average Bonchev–Trinajstić information content (AvgIpc) is 3.21. The molecule has 3 N–H and O–H groups in total. The monoisotopic (exact) mass is 479 g/mol. The Morgan fingerprint density at radius 2 is 1.73 bits per heavy atom. The smallest absolute Gasteiger partial charge is 0.257 e. The Labute approximate surface area is 200 Å². The van der Waals surface area contributed by atoms with Crippen molar-refractivity contribution < 1.29 is 9.59 Å². The molecule has 0 aliphatic heterocycles. The van der Waals surface area contributed by atoms with Crippen LogP contribution in [0, 0.1) is 0 Å². The number of nitrogens with zero attached hydrogens (tertiary/aromatic N) is 3. The van der Waals surface area contributed by atoms with Gasteiger partial charge in [-0.2, -0.15) is 0 Å². The molecule has 9 heteroatoms. The minimum atomic E-state index is -0.414. The van der Waals surface area contributed by atoms with Crippen LogP contribution in [0.1, 0.15) is 31.8 Å². The van der Waals surface area contributed by atoms with Crippen LogP contribution in [-0.4, -0.2) is 26.2 Å². The summed E-state index contributed by atoms with van der Waals surface area (Å²) in [5.41, 5.74) is 8.19. The minimum Gasteiger partial charge on any atom is -0.369 e. The number of rotatable bonds is 7. The highest BCUT2D eigenvalue weighted by molar-refractivity contribution is 6.31. The molecule has 4 aromatic rings. The van der Waals surface area contributed by atoms with Gasteiger partial charge in [0.05, 0.1) is 11.6 Å². The van der Waals surface area contributed by atoms with E-state index in [2.05, 4.69) is 15.3 Å². The number of halogens is 2. The zero-order chi connectivity index (χ0) is 23.4. The number of nitrogen functional groups attached to an aromatic ring is 1. The predicted octanol–water partition coefficient (Wildman–Crippen LogP) is 4.89. The van der Waals surface area contributed by atoms with Crippen LogP contribution in [-0.2, 0) is 13.0 Å². The van der Waals surface area contributed by atoms with Gasteiger partial charge in [-0.05, 0) is 35.4 Å². The molecule has 0 unspecified atom stereocenters. The van der Waals surface area contributed by atoms with Gasteiger partial charge in [0.25, 0.3) is 5.91 Å². The predicted molar refractivity (Wildman–Crippen MR) is 129 cm³/mol. The number of pyridine rings is 1. The number of hydrogen-bond acceptors (Lipinski definition) is 5. The maximum absolute atomic E-state index is 12.9. The zero-order valence-electron chi connectivity index (χ0n) is 17.3. The summed E-state index contributed by atoms with van der Waals surface area (Å²) in [5.74, 6) is 0.237. The number of carbonyl (C=O) groups is 2. The number of Topliss-reactive ketones (excluding diaryl/α,β-unsaturated/α-hetero) is 1. The first-order valence-electron chi connectivity index (χ1n) is 9.99. The van der Waals surface area contributed by atoms with E-state index in [0.29, 0.717) is 45.0 Å². The van der Waals surface area contributed by atoms with Crippen molar-refractivity contribution in [1.82, 2.24) is 14.5 Å². The van der Waals surface area contributed by atoms with Crippen molar-refractivity contribution in [3.63, 3.8) is 0 Å². The standard InChI is InChI=1S/C24H19Cl2N5O2/c25-18-6-5-17(20(12-18)23(33)30-22-8-7-19(26)13-29-22)11-21(32)16-3-1-15(2-4-16)14-31-10-9-28-24(31)27/h1-10,12-13H,11,14H2,(H2,27,28)(H,29,30,33). The molecule has 0 spiro atoms. The lowest BCUT2D eigenvalue weighted by molar-refractivity contribution is 0.0992. The molecule has 4 rings (SSSR count). The summed E-state index contributed by atoms with van der Waals surface area (Å²) in [6.45, 7) is 0.556. The molecule has 0 saturated carbocycles. The van der Waals surface area contributed by atoms with Crippen molar-refractivity contribution in [1.29, 1.82) is 0 Å². The molecule has 2 aromatic carbocycles. The van der Waals surface area contributed by atoms with Gasteiger partial charge in [-0.1, -0.05) is 53.5 Å². The molecule has 166 valence electrons. The second kappa shape index (κ2) is 9.85. The summed E-state index contributed by atoms with van der Waals surface area (Å²) in [7, 11) is 0. The van der Waals surface area contributed by atoms with Crippen molar-refractivity contribution in [2.75, 3.05) is 11.1 Å². The fraction of sp³-hybridized carbons (Fsp3) is 0.0833. The first kappa shape index (κ1) is 22.5. The van der Waals surface area contributed by atoms with Crippen LogP contribution in [0.5, 0.6) is 0 Å². The highest BCUT2D eigenvalue weighted by Gasteiger charge is 2.17. The van der Waals surface area contributed by atoms with Crippen molar-refractivity contribution in [3.05, 3.63) is 105 Å². The van der Waals surface area contributed by atoms with Gasteiger partial charge in [-0.15, -0.1) is 0 Å². The molecular formula is C24H19Cl2N5O2. The van der Waals surface area contributed by atoms with Gasteiger partial charge in [-0.3, -0.25) is 9.59 Å². The van der Waals surface area contributed by atoms with Gasteiger partial charge >= 0.3 is 0 Å². The van der Waals surface area contributed by atoms with E-state index in [0.717, 1.165) is 5.56 Å². The molecule has 0 radical (unpaired) electrons. The molecule has 2 heterocycles. The van der Waals surface area contributed by atoms with Crippen LogP contribution in [0.3, 0.4) is 0 Å². The third-order valence-corrected chi connectivity index (χ3v) is 5.47. The molecule has 0 saturated heterocycles. The van der Waals surface area contributed by atoms with Gasteiger partial charge < -0.3 is 15.6 Å². The number of nitrogens with one attached hydrogen (secondary N) is 1. The third-order valence-electron chi connectivity index (χ3n) is 5.01. The Balaban J connectivity index is 1.49. The van der Waals surface area contributed by atoms with Crippen LogP contribution in [0.4, 0.5) is 11.8 Å². The van der Waals surface area contributed by atoms with Crippen LogP contribution in [0.2, 0.25) is 10.0 Å². The number of amides is 1. The maximum atomic E-state index is 12.9. The summed E-state index contributed by atoms with van der Waals surface area (Å²) >= 11 is 12.0. The van der Waals surface area contributed by atoms with Crippen molar-refractivity contribution in [3.8, 4) is 0 Å². The molecule has 7 nitrogen and oxygen atoms in total. The molecule has 0 aliphatic rings. The Hall–Kier alpha value is -3.68. The molecule has 33 heavy (non-hydrogen) atoms. The average molecular weight is 480 g/mol. The normalized spacial score (nSPS) is 10.7. The first-order chi connectivity index (χ1) is 15.9. The Kier molecular flexibility index (Phi) is 6.72. The lowest BCUT2D eigenvalue weighted by atomic mass is 9.97. The van der Waals surface area contributed by atoms with E-state index in [-0.39, 0.29) is 12.2 Å². The molecule has 0 fully saturated rings. The third kappa shape index (κ3) is 5.58. The van der Waals surface area contributed by atoms with Crippen LogP contribution >= 0.6 is 23.2 Å². The molecule has 1 amide bonds. The van der Waals surface area contributed by atoms with Crippen molar-refractivity contribution in [2.24, 2.45) is 0 Å². The summed E-state index contributed by atoms with van der Waals surface area (Å²) in [5, 5.41) is 3.55. The first-order valence-corrected chi connectivity index (χ1v) is 10.7. The molecule has 0 bridgehead atoms. The topological polar surface area (TPSA) is 103 Å². The number of carbonyl (C=O) groups excluding carboxylic acids is 2. The van der Waals surface area contributed by atoms with Crippen LogP contribution in [0.15, 0.2) is 73.2 Å². The number of imidazole rings is 1. The number of ketones is 1. The molecule has 2 aromatic heterocycles. The number of hydrogen-bond donors (Lipinski definition) is 2. The number of aromatic nitrogens is 3. The molecule has 0 atom stereocenters. The van der Waals surface area contributed by atoms with Gasteiger partial charge in [0.1, 0.15) is 5.82 Å². The fourth-order valence-corrected chi connectivity index (χ4v) is 3.57. The number of anilines is 2. The van der Waals surface area contributed by atoms with Crippen molar-refractivity contribution >= 4 is 46.7 Å². The Bertz CT molecular complexity index is 1300. The van der Waals surface area contributed by atoms with E-state index in [1.165, 1.54) is 12.3 Å². The summed E-state index contributed by atoms with van der Waals surface area (Å²) in [6, 6.07) is 15.3. The lowest BCUT2D eigenvalue weighted by Crippen LogP contribution is -2.17. The van der Waals surface area contributed by atoms with Gasteiger partial charge in [0, 0.05) is 41.2 Å². The quantitative estimate of drug-likeness (QED) is 0.367. The second-order valence-electron chi connectivity index (χ2n) is 7.33. The van der Waals surface area contributed by atoms with Crippen LogP contribution in [0.25, 0.3) is 0 Å². The Morgan fingerprint density at radius 3 is 2.39 bits per heavy atom. The largest absolute Gasteiger partial charge is 0.369 e. The van der Waals surface area contributed by atoms with E-state index >= 15 is 0 Å². The van der Waals surface area contributed by atoms with E-state index in [4.69, 9.17) is 28.9 Å². The SMILES string of the molecule is Nc1nccn1Cc1ccc(C(=O)Cc2ccc(Cl)cc2C(=O)Nc2ccc(Cl)cn2)cc1. The van der Waals surface area contributed by atoms with Crippen LogP contribution < -0.4 is 11.1 Å². The highest BCUT2D eigenvalue weighted by atomic mass is 35.5. The van der Waals surface area contributed by atoms with E-state index in [9.17, 15) is 9.59 Å². The summed E-state index contributed by atoms with van der Waals surface area (Å²) in [6.07, 6.45) is 4.91. The molecule has 0 aliphatic carbocycles. The maximum Gasteiger partial charge on any atom is 0.257 e. The minimum absolute atomic E-state index is 0.0434. The van der Waals surface area contributed by atoms with E-state index in [1.807, 2.05) is 16.7 Å². The lowest BCUT2D eigenvalue weighted by Gasteiger charge is -2.11. The fourth-order valence-electron chi connectivity index (χ4n) is 3.29. The zero-order valence-corrected chi connectivity index (χ0v) is 18.8. The van der Waals surface area contributed by atoms with E-state index < -0.39 is 5.91 Å². The van der Waals surface area contributed by atoms with Gasteiger partial charge in [0.2, 0.25) is 0 Å². The highest BCUT2D eigenvalue weighted by Crippen LogP contribution is 2.20. The van der Waals surface area contributed by atoms with Gasteiger partial charge in [0.15, 0.2) is 11.7 Å². The summed E-state index contributed by atoms with van der Waals surface area (Å²) in [4.78, 5) is 33.8. The molecular weight excluding hydrogens is 461 g/mol. The number of benzene rings is 2. The number of nitrogens with two attached hydrogens (primary N) is 1. The second-order valence-corrected chi connectivity index (χ2v) is 8.20. The van der Waals surface area contributed by atoms with Crippen molar-refractivity contribution in [2.45, 2.75) is 13.0 Å². The van der Waals surface area contributed by atoms with E-state index in [1.54, 1.807) is 48.8 Å². The summed E-state index contributed by atoms with van der Waals surface area (Å²) < 4.78 is 1.81. The Morgan fingerprint density at radius 1 is 0.970 bits per heavy atom.